The molecular weight excluding hydrogens is 416 g/mol. The molecule has 4 nitrogen and oxygen atoms in total. The minimum atomic E-state index is -0.275. The maximum Gasteiger partial charge on any atom is 0.129 e. The smallest absolute Gasteiger partial charge is 0.129 e. The lowest BCUT2D eigenvalue weighted by Gasteiger charge is -2.31. The molecule has 3 aromatic carbocycles. The van der Waals surface area contributed by atoms with E-state index in [1.165, 1.54) is 0 Å². The minimum Gasteiger partial charge on any atom is -0.508 e. The monoisotopic (exact) mass is 436 g/mol. The summed E-state index contributed by atoms with van der Waals surface area (Å²) >= 11 is 3.55. The third kappa shape index (κ3) is 3.81. The Labute approximate surface area is 173 Å². The Morgan fingerprint density at radius 2 is 1.75 bits per heavy atom. The molecule has 0 spiro atoms. The topological polar surface area (TPSA) is 53.9 Å². The van der Waals surface area contributed by atoms with Crippen molar-refractivity contribution in [2.75, 3.05) is 7.11 Å². The van der Waals surface area contributed by atoms with E-state index in [0.717, 1.165) is 32.6 Å². The first-order valence-corrected chi connectivity index (χ1v) is 9.94. The van der Waals surface area contributed by atoms with E-state index in [1.54, 1.807) is 13.2 Å². The second kappa shape index (κ2) is 8.17. The van der Waals surface area contributed by atoms with Crippen LogP contribution in [0.1, 0.15) is 35.3 Å². The first kappa shape index (κ1) is 18.7. The number of methoxy groups -OCH3 is 1. The van der Waals surface area contributed by atoms with E-state index in [0.29, 0.717) is 6.42 Å². The van der Waals surface area contributed by atoms with Gasteiger partial charge in [0.25, 0.3) is 0 Å². The third-order valence-corrected chi connectivity index (χ3v) is 5.44. The summed E-state index contributed by atoms with van der Waals surface area (Å²) in [5.74, 6) is 1.07. The average Bonchev–Trinajstić information content (AvgIpc) is 2.73. The van der Waals surface area contributed by atoms with Crippen molar-refractivity contribution in [3.8, 4) is 11.5 Å². The number of nitrogens with one attached hydrogen (secondary N) is 1. The fourth-order valence-electron chi connectivity index (χ4n) is 3.58. The summed E-state index contributed by atoms with van der Waals surface area (Å²) in [5, 5.41) is 14.0. The van der Waals surface area contributed by atoms with Gasteiger partial charge in [0, 0.05) is 33.8 Å². The van der Waals surface area contributed by atoms with E-state index in [2.05, 4.69) is 33.4 Å². The molecule has 1 aliphatic heterocycles. The Balaban J connectivity index is 1.80. The van der Waals surface area contributed by atoms with Crippen LogP contribution in [-0.2, 0) is 0 Å². The SMILES string of the molecule is COc1ccccc1[C@@H]1N=C(c2cccc(Br)c2)C[C@H](c2ccccc2O)N1. The molecule has 142 valence electrons. The highest BCUT2D eigenvalue weighted by Crippen LogP contribution is 2.36. The third-order valence-electron chi connectivity index (χ3n) is 4.94. The molecule has 1 aliphatic rings. The summed E-state index contributed by atoms with van der Waals surface area (Å²) < 4.78 is 6.57. The zero-order valence-corrected chi connectivity index (χ0v) is 17.1. The number of hydrogen-bond donors (Lipinski definition) is 2. The van der Waals surface area contributed by atoms with Crippen LogP contribution in [0, 0.1) is 0 Å². The maximum atomic E-state index is 10.4. The molecule has 3 aromatic rings. The lowest BCUT2D eigenvalue weighted by molar-refractivity contribution is 0.381. The van der Waals surface area contributed by atoms with Gasteiger partial charge in [0.15, 0.2) is 0 Å². The van der Waals surface area contributed by atoms with Gasteiger partial charge in [0.1, 0.15) is 17.7 Å². The van der Waals surface area contributed by atoms with Crippen molar-refractivity contribution < 1.29 is 9.84 Å². The molecule has 0 radical (unpaired) electrons. The molecule has 1 heterocycles. The van der Waals surface area contributed by atoms with Gasteiger partial charge in [-0.05, 0) is 29.8 Å². The first-order chi connectivity index (χ1) is 13.7. The number of phenolic OH excluding ortho intramolecular Hbond substituents is 1. The van der Waals surface area contributed by atoms with Crippen LogP contribution < -0.4 is 10.1 Å². The van der Waals surface area contributed by atoms with Gasteiger partial charge in [-0.1, -0.05) is 64.5 Å². The van der Waals surface area contributed by atoms with E-state index in [-0.39, 0.29) is 18.0 Å². The molecule has 5 heteroatoms. The van der Waals surface area contributed by atoms with Gasteiger partial charge < -0.3 is 9.84 Å². The lowest BCUT2D eigenvalue weighted by Crippen LogP contribution is -2.33. The van der Waals surface area contributed by atoms with Crippen molar-refractivity contribution >= 4 is 21.6 Å². The van der Waals surface area contributed by atoms with Crippen molar-refractivity contribution in [2.24, 2.45) is 4.99 Å². The average molecular weight is 437 g/mol. The van der Waals surface area contributed by atoms with Crippen molar-refractivity contribution in [2.45, 2.75) is 18.6 Å². The summed E-state index contributed by atoms with van der Waals surface area (Å²) in [6.45, 7) is 0. The predicted molar refractivity (Wildman–Crippen MR) is 115 cm³/mol. The Morgan fingerprint density at radius 1 is 1.00 bits per heavy atom. The second-order valence-electron chi connectivity index (χ2n) is 6.71. The van der Waals surface area contributed by atoms with Crippen LogP contribution in [0.3, 0.4) is 0 Å². The molecule has 0 aromatic heterocycles. The second-order valence-corrected chi connectivity index (χ2v) is 7.63. The lowest BCUT2D eigenvalue weighted by atomic mass is 9.93. The fourth-order valence-corrected chi connectivity index (χ4v) is 3.98. The van der Waals surface area contributed by atoms with Crippen LogP contribution in [0.5, 0.6) is 11.5 Å². The van der Waals surface area contributed by atoms with E-state index in [4.69, 9.17) is 9.73 Å². The number of para-hydroxylation sites is 2. The molecule has 0 saturated heterocycles. The zero-order chi connectivity index (χ0) is 19.5. The number of rotatable bonds is 4. The highest BCUT2D eigenvalue weighted by Gasteiger charge is 2.28. The number of phenols is 1. The van der Waals surface area contributed by atoms with E-state index >= 15 is 0 Å². The highest BCUT2D eigenvalue weighted by molar-refractivity contribution is 9.10. The van der Waals surface area contributed by atoms with Crippen LogP contribution in [-0.4, -0.2) is 17.9 Å². The van der Waals surface area contributed by atoms with Gasteiger partial charge in [-0.2, -0.15) is 0 Å². The van der Waals surface area contributed by atoms with Crippen LogP contribution in [0.2, 0.25) is 0 Å². The van der Waals surface area contributed by atoms with Gasteiger partial charge in [0.05, 0.1) is 7.11 Å². The Kier molecular flexibility index (Phi) is 5.46. The van der Waals surface area contributed by atoms with Crippen molar-refractivity contribution in [3.63, 3.8) is 0 Å². The fraction of sp³-hybridized carbons (Fsp3) is 0.174. The molecular formula is C23H21BrN2O2. The molecule has 28 heavy (non-hydrogen) atoms. The quantitative estimate of drug-likeness (QED) is 0.576. The number of ether oxygens (including phenoxy) is 1. The van der Waals surface area contributed by atoms with Crippen LogP contribution >= 0.6 is 15.9 Å². The molecule has 0 bridgehead atoms. The standard InChI is InChI=1S/C23H21BrN2O2/c1-28-22-12-5-3-10-18(22)23-25-19(15-7-6-8-16(24)13-15)14-20(26-23)17-9-2-4-11-21(17)27/h2-13,20,23,26-27H,14H2,1H3/t20-,23-/m1/s1. The van der Waals surface area contributed by atoms with Crippen LogP contribution in [0.25, 0.3) is 0 Å². The van der Waals surface area contributed by atoms with E-state index in [9.17, 15) is 5.11 Å². The molecule has 0 aliphatic carbocycles. The number of benzene rings is 3. The molecule has 2 N–H and O–H groups in total. The van der Waals surface area contributed by atoms with Crippen LogP contribution in [0.15, 0.2) is 82.3 Å². The van der Waals surface area contributed by atoms with Crippen molar-refractivity contribution in [3.05, 3.63) is 94.0 Å². The van der Waals surface area contributed by atoms with Gasteiger partial charge in [0.2, 0.25) is 0 Å². The number of hydrogen-bond acceptors (Lipinski definition) is 4. The summed E-state index contributed by atoms with van der Waals surface area (Å²) in [5.41, 5.74) is 3.89. The van der Waals surface area contributed by atoms with Crippen molar-refractivity contribution in [1.29, 1.82) is 0 Å². The Hall–Kier alpha value is -2.63. The summed E-state index contributed by atoms with van der Waals surface area (Å²) in [6, 6.07) is 23.4. The number of halogens is 1. The molecule has 0 fully saturated rings. The van der Waals surface area contributed by atoms with E-state index < -0.39 is 0 Å². The molecule has 2 atom stereocenters. The van der Waals surface area contributed by atoms with Gasteiger partial charge in [-0.15, -0.1) is 0 Å². The summed E-state index contributed by atoms with van der Waals surface area (Å²) in [6.07, 6.45) is 0.406. The van der Waals surface area contributed by atoms with E-state index in [1.807, 2.05) is 54.6 Å². The molecule has 0 amide bonds. The Morgan fingerprint density at radius 3 is 2.50 bits per heavy atom. The Bertz CT molecular complexity index is 1020. The first-order valence-electron chi connectivity index (χ1n) is 9.15. The van der Waals surface area contributed by atoms with Gasteiger partial charge in [-0.3, -0.25) is 10.3 Å². The highest BCUT2D eigenvalue weighted by atomic mass is 79.9. The number of aromatic hydroxyl groups is 1. The zero-order valence-electron chi connectivity index (χ0n) is 15.5. The van der Waals surface area contributed by atoms with Crippen molar-refractivity contribution in [1.82, 2.24) is 5.32 Å². The normalized spacial score (nSPS) is 19.1. The minimum absolute atomic E-state index is 0.0670. The molecule has 0 saturated carbocycles. The number of aliphatic imine (C=N–C) groups is 1. The molecule has 4 rings (SSSR count). The summed E-state index contributed by atoms with van der Waals surface area (Å²) in [4.78, 5) is 5.00. The van der Waals surface area contributed by atoms with Gasteiger partial charge >= 0.3 is 0 Å². The molecule has 0 unspecified atom stereocenters. The van der Waals surface area contributed by atoms with Crippen LogP contribution in [0.4, 0.5) is 0 Å². The predicted octanol–water partition coefficient (Wildman–Crippen LogP) is 5.39. The van der Waals surface area contributed by atoms with Gasteiger partial charge in [-0.25, -0.2) is 0 Å². The summed E-state index contributed by atoms with van der Waals surface area (Å²) in [7, 11) is 1.67. The maximum absolute atomic E-state index is 10.4. The largest absolute Gasteiger partial charge is 0.508 e. The number of nitrogens with zero attached hydrogens (tertiary/aromatic N) is 1.